The van der Waals surface area contributed by atoms with Crippen molar-refractivity contribution in [3.05, 3.63) is 30.1 Å². The summed E-state index contributed by atoms with van der Waals surface area (Å²) in [4.78, 5) is 26.2. The van der Waals surface area contributed by atoms with Gasteiger partial charge >= 0.3 is 12.0 Å². The van der Waals surface area contributed by atoms with Crippen LogP contribution in [0.3, 0.4) is 0 Å². The normalized spacial score (nSPS) is 18.7. The second-order valence-electron chi connectivity index (χ2n) is 4.94. The highest BCUT2D eigenvalue weighted by Gasteiger charge is 2.29. The highest BCUT2D eigenvalue weighted by Crippen LogP contribution is 2.20. The second-order valence-corrected chi connectivity index (χ2v) is 4.94. The van der Waals surface area contributed by atoms with Crippen molar-refractivity contribution in [3.63, 3.8) is 0 Å². The highest BCUT2D eigenvalue weighted by atomic mass is 19.1. The van der Waals surface area contributed by atoms with Gasteiger partial charge in [-0.1, -0.05) is 6.07 Å². The summed E-state index contributed by atoms with van der Waals surface area (Å²) in [6, 6.07) is 5.45. The van der Waals surface area contributed by atoms with Crippen molar-refractivity contribution in [1.29, 1.82) is 0 Å². The third-order valence-electron chi connectivity index (χ3n) is 3.52. The van der Waals surface area contributed by atoms with Crippen LogP contribution in [0.5, 0.6) is 0 Å². The molecule has 1 fully saturated rings. The number of amides is 2. The Morgan fingerprint density at radius 1 is 1.45 bits per heavy atom. The SMILES string of the molecule is CN(C(=O)N1CCC[C@@H](C(=O)O)C1)c1cccc(F)c1. The molecule has 1 aromatic rings. The van der Waals surface area contributed by atoms with Crippen LogP contribution in [0.2, 0.25) is 0 Å². The first kappa shape index (κ1) is 14.3. The van der Waals surface area contributed by atoms with Gasteiger partial charge in [-0.3, -0.25) is 9.69 Å². The van der Waals surface area contributed by atoms with Gasteiger partial charge < -0.3 is 10.0 Å². The molecule has 0 aliphatic carbocycles. The zero-order valence-electron chi connectivity index (χ0n) is 11.3. The lowest BCUT2D eigenvalue weighted by Gasteiger charge is -2.33. The molecule has 1 heterocycles. The van der Waals surface area contributed by atoms with Crippen LogP contribution in [0.25, 0.3) is 0 Å². The third kappa shape index (κ3) is 3.07. The summed E-state index contributed by atoms with van der Waals surface area (Å²) in [6.45, 7) is 0.732. The van der Waals surface area contributed by atoms with Gasteiger partial charge in [0, 0.05) is 25.8 Å². The molecule has 1 N–H and O–H groups in total. The molecule has 0 bridgehead atoms. The number of carbonyl (C=O) groups excluding carboxylic acids is 1. The van der Waals surface area contributed by atoms with E-state index >= 15 is 0 Å². The molecule has 1 aromatic carbocycles. The van der Waals surface area contributed by atoms with Crippen LogP contribution in [0.1, 0.15) is 12.8 Å². The molecule has 20 heavy (non-hydrogen) atoms. The van der Waals surface area contributed by atoms with E-state index < -0.39 is 17.7 Å². The minimum absolute atomic E-state index is 0.202. The van der Waals surface area contributed by atoms with E-state index in [0.29, 0.717) is 25.1 Å². The van der Waals surface area contributed by atoms with Gasteiger partial charge in [-0.2, -0.15) is 0 Å². The number of carboxylic acid groups (broad SMARTS) is 1. The second kappa shape index (κ2) is 5.90. The Morgan fingerprint density at radius 2 is 2.20 bits per heavy atom. The molecule has 1 aliphatic heterocycles. The van der Waals surface area contributed by atoms with Crippen molar-refractivity contribution in [2.24, 2.45) is 5.92 Å². The maximum absolute atomic E-state index is 13.2. The molecular formula is C14H17FN2O3. The maximum atomic E-state index is 13.2. The topological polar surface area (TPSA) is 60.9 Å². The summed E-state index contributed by atoms with van der Waals surface area (Å²) in [6.07, 6.45) is 1.25. The molecule has 2 rings (SSSR count). The van der Waals surface area contributed by atoms with E-state index in [-0.39, 0.29) is 12.6 Å². The van der Waals surface area contributed by atoms with E-state index in [2.05, 4.69) is 0 Å². The van der Waals surface area contributed by atoms with Crippen molar-refractivity contribution in [2.75, 3.05) is 25.0 Å². The predicted molar refractivity (Wildman–Crippen MR) is 72.1 cm³/mol. The molecule has 0 unspecified atom stereocenters. The fourth-order valence-electron chi connectivity index (χ4n) is 2.36. The first-order valence-corrected chi connectivity index (χ1v) is 6.50. The molecule has 0 spiro atoms. The fraction of sp³-hybridized carbons (Fsp3) is 0.429. The monoisotopic (exact) mass is 280 g/mol. The number of hydrogen-bond donors (Lipinski definition) is 1. The van der Waals surface area contributed by atoms with E-state index in [1.54, 1.807) is 13.1 Å². The van der Waals surface area contributed by atoms with Crippen LogP contribution >= 0.6 is 0 Å². The molecule has 0 radical (unpaired) electrons. The Bertz CT molecular complexity index is 521. The number of nitrogens with zero attached hydrogens (tertiary/aromatic N) is 2. The van der Waals surface area contributed by atoms with Gasteiger partial charge in [0.2, 0.25) is 0 Å². The summed E-state index contributed by atoms with van der Waals surface area (Å²) in [5.74, 6) is -1.81. The number of carboxylic acids is 1. The van der Waals surface area contributed by atoms with Gasteiger partial charge in [-0.15, -0.1) is 0 Å². The summed E-state index contributed by atoms with van der Waals surface area (Å²) < 4.78 is 13.2. The number of carbonyl (C=O) groups is 2. The Kier molecular flexibility index (Phi) is 4.22. The Morgan fingerprint density at radius 3 is 2.85 bits per heavy atom. The van der Waals surface area contributed by atoms with Crippen LogP contribution in [-0.2, 0) is 4.79 Å². The van der Waals surface area contributed by atoms with Crippen LogP contribution in [0.15, 0.2) is 24.3 Å². The average molecular weight is 280 g/mol. The Balaban J connectivity index is 2.08. The highest BCUT2D eigenvalue weighted by molar-refractivity contribution is 5.91. The van der Waals surface area contributed by atoms with Gasteiger partial charge in [-0.25, -0.2) is 9.18 Å². The molecular weight excluding hydrogens is 263 g/mol. The van der Waals surface area contributed by atoms with Gasteiger partial charge in [0.15, 0.2) is 0 Å². The molecule has 6 heteroatoms. The summed E-state index contributed by atoms with van der Waals surface area (Å²) in [7, 11) is 1.56. The quantitative estimate of drug-likeness (QED) is 0.903. The maximum Gasteiger partial charge on any atom is 0.324 e. The number of anilines is 1. The lowest BCUT2D eigenvalue weighted by Crippen LogP contribution is -2.47. The van der Waals surface area contributed by atoms with Gasteiger partial charge in [0.05, 0.1) is 5.92 Å². The summed E-state index contributed by atoms with van der Waals surface area (Å²) in [5, 5.41) is 9.03. The number of rotatable bonds is 2. The number of urea groups is 1. The third-order valence-corrected chi connectivity index (χ3v) is 3.52. The Labute approximate surface area is 116 Å². The minimum Gasteiger partial charge on any atom is -0.481 e. The molecule has 108 valence electrons. The van der Waals surface area contributed by atoms with Gasteiger partial charge in [0.25, 0.3) is 0 Å². The first-order valence-electron chi connectivity index (χ1n) is 6.50. The first-order chi connectivity index (χ1) is 9.49. The van der Waals surface area contributed by atoms with Crippen molar-refractivity contribution in [1.82, 2.24) is 4.90 Å². The molecule has 2 amide bonds. The summed E-state index contributed by atoms with van der Waals surface area (Å²) >= 11 is 0. The molecule has 5 nitrogen and oxygen atoms in total. The predicted octanol–water partition coefficient (Wildman–Crippen LogP) is 2.18. The number of halogens is 1. The molecule has 1 aliphatic rings. The molecule has 1 atom stereocenters. The van der Waals surface area contributed by atoms with E-state index in [0.717, 1.165) is 0 Å². The van der Waals surface area contributed by atoms with E-state index in [4.69, 9.17) is 5.11 Å². The average Bonchev–Trinajstić information content (AvgIpc) is 2.45. The van der Waals surface area contributed by atoms with Crippen molar-refractivity contribution in [2.45, 2.75) is 12.8 Å². The lowest BCUT2D eigenvalue weighted by molar-refractivity contribution is -0.143. The number of likely N-dealkylation sites (tertiary alicyclic amines) is 1. The van der Waals surface area contributed by atoms with Crippen molar-refractivity contribution >= 4 is 17.7 Å². The molecule has 0 aromatic heterocycles. The largest absolute Gasteiger partial charge is 0.481 e. The standard InChI is InChI=1S/C14H17FN2O3/c1-16(12-6-2-5-11(15)8-12)14(20)17-7-3-4-10(9-17)13(18)19/h2,5-6,8,10H,3-4,7,9H2,1H3,(H,18,19)/t10-/m1/s1. The van der Waals surface area contributed by atoms with Crippen LogP contribution in [0, 0.1) is 11.7 Å². The van der Waals surface area contributed by atoms with Gasteiger partial charge in [-0.05, 0) is 31.0 Å². The van der Waals surface area contributed by atoms with Crippen LogP contribution in [0.4, 0.5) is 14.9 Å². The number of benzene rings is 1. The smallest absolute Gasteiger partial charge is 0.324 e. The molecule has 1 saturated heterocycles. The Hall–Kier alpha value is -2.11. The zero-order valence-corrected chi connectivity index (χ0v) is 11.3. The molecule has 0 saturated carbocycles. The van der Waals surface area contributed by atoms with Crippen molar-refractivity contribution in [3.8, 4) is 0 Å². The lowest BCUT2D eigenvalue weighted by atomic mass is 9.99. The van der Waals surface area contributed by atoms with Crippen LogP contribution < -0.4 is 4.90 Å². The van der Waals surface area contributed by atoms with E-state index in [1.807, 2.05) is 0 Å². The van der Waals surface area contributed by atoms with E-state index in [9.17, 15) is 14.0 Å². The zero-order chi connectivity index (χ0) is 14.7. The number of aliphatic carboxylic acids is 1. The minimum atomic E-state index is -0.879. The fourth-order valence-corrected chi connectivity index (χ4v) is 2.36. The van der Waals surface area contributed by atoms with Crippen molar-refractivity contribution < 1.29 is 19.1 Å². The van der Waals surface area contributed by atoms with E-state index in [1.165, 1.54) is 28.0 Å². The van der Waals surface area contributed by atoms with Crippen LogP contribution in [-0.4, -0.2) is 42.1 Å². The number of hydrogen-bond acceptors (Lipinski definition) is 2. The number of piperidine rings is 1. The summed E-state index contributed by atoms with van der Waals surface area (Å²) in [5.41, 5.74) is 0.451. The van der Waals surface area contributed by atoms with Gasteiger partial charge in [0.1, 0.15) is 5.82 Å².